The van der Waals surface area contributed by atoms with Crippen molar-refractivity contribution in [2.24, 2.45) is 5.73 Å². The van der Waals surface area contributed by atoms with Gasteiger partial charge in [0.15, 0.2) is 17.1 Å². The molecule has 2 heterocycles. The number of phenols is 1. The Bertz CT molecular complexity index is 1040. The molecule has 0 bridgehead atoms. The van der Waals surface area contributed by atoms with Gasteiger partial charge in [0, 0.05) is 12.6 Å². The molecule has 0 saturated carbocycles. The molecule has 1 aromatic heterocycles. The highest BCUT2D eigenvalue weighted by Crippen LogP contribution is 2.32. The molecule has 0 atom stereocenters. The predicted octanol–water partition coefficient (Wildman–Crippen LogP) is 2.79. The van der Waals surface area contributed by atoms with Crippen LogP contribution in [0.15, 0.2) is 40.8 Å². The van der Waals surface area contributed by atoms with Crippen LogP contribution in [0, 0.1) is 0 Å². The van der Waals surface area contributed by atoms with Crippen LogP contribution in [0.3, 0.4) is 0 Å². The van der Waals surface area contributed by atoms with Crippen LogP contribution in [0.1, 0.15) is 35.7 Å². The van der Waals surface area contributed by atoms with Crippen molar-refractivity contribution < 1.29 is 19.1 Å². The number of phenolic OH excluding ortho intramolecular Hbond substituents is 1. The minimum Gasteiger partial charge on any atom is -0.504 e. The second-order valence-corrected chi connectivity index (χ2v) is 7.36. The van der Waals surface area contributed by atoms with Gasteiger partial charge in [-0.1, -0.05) is 12.1 Å². The first-order chi connectivity index (χ1) is 14.6. The van der Waals surface area contributed by atoms with E-state index in [2.05, 4.69) is 15.2 Å². The lowest BCUT2D eigenvalue weighted by Gasteiger charge is -2.33. The predicted molar refractivity (Wildman–Crippen MR) is 114 cm³/mol. The van der Waals surface area contributed by atoms with Gasteiger partial charge in [0.05, 0.1) is 12.2 Å². The zero-order valence-corrected chi connectivity index (χ0v) is 16.9. The van der Waals surface area contributed by atoms with Crippen molar-refractivity contribution in [3.05, 3.63) is 47.5 Å². The van der Waals surface area contributed by atoms with E-state index >= 15 is 0 Å². The molecule has 4 rings (SSSR count). The van der Waals surface area contributed by atoms with Crippen LogP contribution in [-0.4, -0.2) is 41.7 Å². The van der Waals surface area contributed by atoms with E-state index < -0.39 is 5.91 Å². The number of nitrogens with two attached hydrogens (primary N) is 1. The summed E-state index contributed by atoms with van der Waals surface area (Å²) in [6, 6.07) is 11.2. The number of para-hydroxylation sites is 1. The first-order valence-electron chi connectivity index (χ1n) is 10.2. The monoisotopic (exact) mass is 410 g/mol. The van der Waals surface area contributed by atoms with Crippen LogP contribution in [0.25, 0.3) is 11.1 Å². The number of aromatic hydroxyl groups is 1. The Hall–Kier alpha value is -3.26. The number of oxazole rings is 1. The van der Waals surface area contributed by atoms with Gasteiger partial charge in [0.2, 0.25) is 0 Å². The van der Waals surface area contributed by atoms with Crippen molar-refractivity contribution in [2.45, 2.75) is 32.4 Å². The highest BCUT2D eigenvalue weighted by atomic mass is 16.5. The summed E-state index contributed by atoms with van der Waals surface area (Å²) in [5.74, 6) is 0.0320. The summed E-state index contributed by atoms with van der Waals surface area (Å²) in [4.78, 5) is 18.6. The third-order valence-corrected chi connectivity index (χ3v) is 5.35. The van der Waals surface area contributed by atoms with Crippen LogP contribution in [0.4, 0.5) is 6.01 Å². The highest BCUT2D eigenvalue weighted by molar-refractivity contribution is 6.03. The number of benzene rings is 2. The number of aromatic nitrogens is 1. The minimum absolute atomic E-state index is 0.113. The fourth-order valence-electron chi connectivity index (χ4n) is 3.85. The molecule has 0 unspecified atom stereocenters. The standard InChI is InChI=1S/C22H26N4O4/c1-2-29-19-12-14(6-7-17(19)27)13-26(15-8-10-24-11-9-15)22-25-20-16(21(23)28)4-3-5-18(20)30-22/h3-7,12,15,24,27H,2,8-11,13H2,1H3,(H2,23,28). The Kier molecular flexibility index (Phi) is 5.76. The molecular weight excluding hydrogens is 384 g/mol. The van der Waals surface area contributed by atoms with Crippen molar-refractivity contribution in [1.82, 2.24) is 10.3 Å². The molecule has 0 spiro atoms. The summed E-state index contributed by atoms with van der Waals surface area (Å²) < 4.78 is 11.6. The first kappa shape index (κ1) is 20.0. The van der Waals surface area contributed by atoms with Gasteiger partial charge in [-0.3, -0.25) is 4.79 Å². The molecular formula is C22H26N4O4. The van der Waals surface area contributed by atoms with Gasteiger partial charge in [0.1, 0.15) is 5.52 Å². The van der Waals surface area contributed by atoms with E-state index in [0.29, 0.717) is 41.6 Å². The van der Waals surface area contributed by atoms with E-state index in [-0.39, 0.29) is 11.8 Å². The molecule has 1 aliphatic rings. The van der Waals surface area contributed by atoms with E-state index in [1.807, 2.05) is 19.1 Å². The molecule has 2 aromatic carbocycles. The zero-order valence-electron chi connectivity index (χ0n) is 16.9. The van der Waals surface area contributed by atoms with Gasteiger partial charge < -0.3 is 30.2 Å². The maximum Gasteiger partial charge on any atom is 0.298 e. The van der Waals surface area contributed by atoms with E-state index in [4.69, 9.17) is 14.9 Å². The van der Waals surface area contributed by atoms with E-state index in [9.17, 15) is 9.90 Å². The van der Waals surface area contributed by atoms with Gasteiger partial charge >= 0.3 is 0 Å². The number of nitrogens with zero attached hydrogens (tertiary/aromatic N) is 2. The number of rotatable bonds is 7. The lowest BCUT2D eigenvalue weighted by Crippen LogP contribution is -2.43. The van der Waals surface area contributed by atoms with Crippen LogP contribution in [0.5, 0.6) is 11.5 Å². The van der Waals surface area contributed by atoms with Gasteiger partial charge in [-0.05, 0) is 62.7 Å². The third-order valence-electron chi connectivity index (χ3n) is 5.35. The number of ether oxygens (including phenoxy) is 1. The maximum absolute atomic E-state index is 11.8. The van der Waals surface area contributed by atoms with E-state index in [1.54, 1.807) is 24.3 Å². The number of hydrogen-bond acceptors (Lipinski definition) is 7. The van der Waals surface area contributed by atoms with Gasteiger partial charge in [0.25, 0.3) is 11.9 Å². The number of primary amides is 1. The SMILES string of the molecule is CCOc1cc(CN(c2nc3c(C(N)=O)cccc3o2)C2CCNCC2)ccc1O. The zero-order chi connectivity index (χ0) is 21.1. The molecule has 158 valence electrons. The fraction of sp³-hybridized carbons (Fsp3) is 0.364. The lowest BCUT2D eigenvalue weighted by atomic mass is 10.0. The molecule has 1 fully saturated rings. The molecule has 3 aromatic rings. The van der Waals surface area contributed by atoms with Crippen LogP contribution >= 0.6 is 0 Å². The van der Waals surface area contributed by atoms with E-state index in [1.165, 1.54) is 0 Å². The summed E-state index contributed by atoms with van der Waals surface area (Å²) >= 11 is 0. The number of carbonyl (C=O) groups is 1. The summed E-state index contributed by atoms with van der Waals surface area (Å²) in [5.41, 5.74) is 7.82. The smallest absolute Gasteiger partial charge is 0.298 e. The number of carbonyl (C=O) groups excluding carboxylic acids is 1. The second kappa shape index (κ2) is 8.62. The molecule has 1 aliphatic heterocycles. The Balaban J connectivity index is 1.72. The second-order valence-electron chi connectivity index (χ2n) is 7.36. The number of nitrogens with one attached hydrogen (secondary N) is 1. The minimum atomic E-state index is -0.534. The lowest BCUT2D eigenvalue weighted by molar-refractivity contribution is 0.100. The first-order valence-corrected chi connectivity index (χ1v) is 10.2. The largest absolute Gasteiger partial charge is 0.504 e. The average Bonchev–Trinajstić information content (AvgIpc) is 3.18. The summed E-state index contributed by atoms with van der Waals surface area (Å²) in [6.45, 7) is 4.70. The number of fused-ring (bicyclic) bond motifs is 1. The van der Waals surface area contributed by atoms with E-state index in [0.717, 1.165) is 31.5 Å². The van der Waals surface area contributed by atoms with Crippen molar-refractivity contribution in [1.29, 1.82) is 0 Å². The molecule has 1 saturated heterocycles. The highest BCUT2D eigenvalue weighted by Gasteiger charge is 2.26. The molecule has 0 radical (unpaired) electrons. The Morgan fingerprint density at radius 1 is 1.33 bits per heavy atom. The normalized spacial score (nSPS) is 14.7. The molecule has 0 aliphatic carbocycles. The summed E-state index contributed by atoms with van der Waals surface area (Å²) in [6.07, 6.45) is 1.88. The topological polar surface area (TPSA) is 114 Å². The Labute approximate surface area is 174 Å². The summed E-state index contributed by atoms with van der Waals surface area (Å²) in [7, 11) is 0. The van der Waals surface area contributed by atoms with Gasteiger partial charge in [-0.25, -0.2) is 0 Å². The summed E-state index contributed by atoms with van der Waals surface area (Å²) in [5, 5.41) is 13.4. The molecule has 8 heteroatoms. The van der Waals surface area contributed by atoms with Gasteiger partial charge in [-0.2, -0.15) is 4.98 Å². The molecule has 8 nitrogen and oxygen atoms in total. The number of amides is 1. The molecule has 30 heavy (non-hydrogen) atoms. The van der Waals surface area contributed by atoms with Crippen molar-refractivity contribution in [3.8, 4) is 11.5 Å². The Morgan fingerprint density at radius 3 is 2.87 bits per heavy atom. The number of piperidine rings is 1. The molecule has 1 amide bonds. The van der Waals surface area contributed by atoms with Gasteiger partial charge in [-0.15, -0.1) is 0 Å². The number of anilines is 1. The molecule has 4 N–H and O–H groups in total. The third kappa shape index (κ3) is 4.04. The number of hydrogen-bond donors (Lipinski definition) is 3. The average molecular weight is 410 g/mol. The quantitative estimate of drug-likeness (QED) is 0.549. The van der Waals surface area contributed by atoms with Crippen molar-refractivity contribution in [3.63, 3.8) is 0 Å². The van der Waals surface area contributed by atoms with Crippen LogP contribution < -0.4 is 20.7 Å². The van der Waals surface area contributed by atoms with Crippen molar-refractivity contribution >= 4 is 23.0 Å². The van der Waals surface area contributed by atoms with Crippen LogP contribution in [0.2, 0.25) is 0 Å². The van der Waals surface area contributed by atoms with Crippen molar-refractivity contribution in [2.75, 3.05) is 24.6 Å². The fourth-order valence-corrected chi connectivity index (χ4v) is 3.85. The van der Waals surface area contributed by atoms with Crippen LogP contribution in [-0.2, 0) is 6.54 Å². The Morgan fingerprint density at radius 2 is 2.13 bits per heavy atom. The maximum atomic E-state index is 11.8.